The molecule has 23 heavy (non-hydrogen) atoms. The van der Waals surface area contributed by atoms with Crippen molar-refractivity contribution in [3.8, 4) is 11.1 Å². The number of aromatic amines is 1. The Labute approximate surface area is 146 Å². The SMILES string of the molecule is CCc1n[nH]c(CC)c1Sc1ccc(-c2ccccc2)c(Cl)c1. The van der Waals surface area contributed by atoms with Crippen LogP contribution < -0.4 is 0 Å². The quantitative estimate of drug-likeness (QED) is 0.615. The van der Waals surface area contributed by atoms with Crippen molar-refractivity contribution in [2.24, 2.45) is 0 Å². The number of nitrogens with zero attached hydrogens (tertiary/aromatic N) is 1. The van der Waals surface area contributed by atoms with E-state index in [0.717, 1.165) is 39.6 Å². The number of nitrogens with one attached hydrogen (secondary N) is 1. The normalized spacial score (nSPS) is 10.9. The van der Waals surface area contributed by atoms with Gasteiger partial charge in [0.15, 0.2) is 0 Å². The van der Waals surface area contributed by atoms with Gasteiger partial charge in [0.1, 0.15) is 0 Å². The van der Waals surface area contributed by atoms with E-state index in [1.54, 1.807) is 11.8 Å². The summed E-state index contributed by atoms with van der Waals surface area (Å²) < 4.78 is 0. The molecule has 0 saturated heterocycles. The summed E-state index contributed by atoms with van der Waals surface area (Å²) in [5.41, 5.74) is 4.52. The van der Waals surface area contributed by atoms with Crippen molar-refractivity contribution in [2.75, 3.05) is 0 Å². The van der Waals surface area contributed by atoms with Crippen LogP contribution in [-0.4, -0.2) is 10.2 Å². The second kappa shape index (κ2) is 7.24. The topological polar surface area (TPSA) is 28.7 Å². The molecular weight excluding hydrogens is 324 g/mol. The van der Waals surface area contributed by atoms with Crippen LogP contribution in [0.15, 0.2) is 58.3 Å². The first-order chi connectivity index (χ1) is 11.2. The Kier molecular flexibility index (Phi) is 5.09. The van der Waals surface area contributed by atoms with Crippen LogP contribution in [0.5, 0.6) is 0 Å². The monoisotopic (exact) mass is 342 g/mol. The van der Waals surface area contributed by atoms with Crippen molar-refractivity contribution >= 4 is 23.4 Å². The van der Waals surface area contributed by atoms with Crippen molar-refractivity contribution in [3.05, 3.63) is 64.9 Å². The van der Waals surface area contributed by atoms with Crippen LogP contribution in [0, 0.1) is 0 Å². The first-order valence-electron chi connectivity index (χ1n) is 7.81. The summed E-state index contributed by atoms with van der Waals surface area (Å²) in [5.74, 6) is 0. The predicted octanol–water partition coefficient (Wildman–Crippen LogP) is 6.01. The predicted molar refractivity (Wildman–Crippen MR) is 98.4 cm³/mol. The Bertz CT molecular complexity index is 775. The molecule has 0 aliphatic heterocycles. The van der Waals surface area contributed by atoms with E-state index in [1.165, 1.54) is 10.6 Å². The van der Waals surface area contributed by atoms with Crippen molar-refractivity contribution in [1.29, 1.82) is 0 Å². The molecule has 1 heterocycles. The van der Waals surface area contributed by atoms with Crippen molar-refractivity contribution in [2.45, 2.75) is 36.5 Å². The summed E-state index contributed by atoms with van der Waals surface area (Å²) in [5, 5.41) is 8.33. The Morgan fingerprint density at radius 3 is 2.48 bits per heavy atom. The zero-order valence-corrected chi connectivity index (χ0v) is 14.8. The van der Waals surface area contributed by atoms with Gasteiger partial charge in [-0.1, -0.05) is 73.6 Å². The third-order valence-electron chi connectivity index (χ3n) is 3.80. The molecule has 0 atom stereocenters. The fourth-order valence-corrected chi connectivity index (χ4v) is 4.06. The molecule has 0 radical (unpaired) electrons. The smallest absolute Gasteiger partial charge is 0.0761 e. The molecule has 0 amide bonds. The maximum absolute atomic E-state index is 6.51. The van der Waals surface area contributed by atoms with E-state index in [-0.39, 0.29) is 0 Å². The van der Waals surface area contributed by atoms with E-state index in [9.17, 15) is 0 Å². The number of rotatable bonds is 5. The lowest BCUT2D eigenvalue weighted by Crippen LogP contribution is -1.86. The number of H-pyrrole nitrogens is 1. The van der Waals surface area contributed by atoms with E-state index >= 15 is 0 Å². The van der Waals surface area contributed by atoms with Crippen LogP contribution in [0.1, 0.15) is 25.2 Å². The van der Waals surface area contributed by atoms with Crippen LogP contribution in [0.2, 0.25) is 5.02 Å². The average molecular weight is 343 g/mol. The molecule has 0 unspecified atom stereocenters. The number of halogens is 1. The van der Waals surface area contributed by atoms with Crippen molar-refractivity contribution in [1.82, 2.24) is 10.2 Å². The summed E-state index contributed by atoms with van der Waals surface area (Å²) in [6, 6.07) is 16.5. The second-order valence-electron chi connectivity index (χ2n) is 5.29. The molecule has 3 aromatic rings. The van der Waals surface area contributed by atoms with Crippen LogP contribution in [0.3, 0.4) is 0 Å². The first-order valence-corrected chi connectivity index (χ1v) is 9.01. The van der Waals surface area contributed by atoms with E-state index in [4.69, 9.17) is 11.6 Å². The zero-order chi connectivity index (χ0) is 16.2. The molecule has 0 bridgehead atoms. The van der Waals surface area contributed by atoms with Gasteiger partial charge in [-0.25, -0.2) is 0 Å². The van der Waals surface area contributed by atoms with Gasteiger partial charge in [-0.3, -0.25) is 5.10 Å². The van der Waals surface area contributed by atoms with E-state index in [0.29, 0.717) is 0 Å². The highest BCUT2D eigenvalue weighted by Crippen LogP contribution is 2.37. The lowest BCUT2D eigenvalue weighted by Gasteiger charge is -2.08. The molecule has 0 saturated carbocycles. The van der Waals surface area contributed by atoms with E-state index in [2.05, 4.69) is 48.3 Å². The van der Waals surface area contributed by atoms with Crippen LogP contribution in [0.4, 0.5) is 0 Å². The summed E-state index contributed by atoms with van der Waals surface area (Å²) in [6.45, 7) is 4.27. The largest absolute Gasteiger partial charge is 0.281 e. The number of aromatic nitrogens is 2. The molecule has 3 rings (SSSR count). The maximum atomic E-state index is 6.51. The van der Waals surface area contributed by atoms with Crippen LogP contribution >= 0.6 is 23.4 Å². The molecule has 118 valence electrons. The maximum Gasteiger partial charge on any atom is 0.0761 e. The van der Waals surface area contributed by atoms with Crippen LogP contribution in [-0.2, 0) is 12.8 Å². The van der Waals surface area contributed by atoms with Gasteiger partial charge in [0.05, 0.1) is 10.6 Å². The molecular formula is C19H19ClN2S. The highest BCUT2D eigenvalue weighted by Gasteiger charge is 2.13. The minimum absolute atomic E-state index is 0.779. The Morgan fingerprint density at radius 1 is 1.04 bits per heavy atom. The van der Waals surface area contributed by atoms with Crippen molar-refractivity contribution < 1.29 is 0 Å². The number of hydrogen-bond donors (Lipinski definition) is 1. The van der Waals surface area contributed by atoms with E-state index in [1.807, 2.05) is 24.3 Å². The Balaban J connectivity index is 1.91. The summed E-state index contributed by atoms with van der Waals surface area (Å²) in [6.07, 6.45) is 1.87. The van der Waals surface area contributed by atoms with Gasteiger partial charge in [0, 0.05) is 21.2 Å². The van der Waals surface area contributed by atoms with Gasteiger partial charge in [0.25, 0.3) is 0 Å². The zero-order valence-electron chi connectivity index (χ0n) is 13.3. The minimum Gasteiger partial charge on any atom is -0.281 e. The fraction of sp³-hybridized carbons (Fsp3) is 0.211. The van der Waals surface area contributed by atoms with Gasteiger partial charge in [0.2, 0.25) is 0 Å². The number of aryl methyl sites for hydroxylation is 2. The van der Waals surface area contributed by atoms with E-state index < -0.39 is 0 Å². The molecule has 0 fully saturated rings. The molecule has 0 aliphatic carbocycles. The molecule has 2 nitrogen and oxygen atoms in total. The second-order valence-corrected chi connectivity index (χ2v) is 6.79. The highest BCUT2D eigenvalue weighted by atomic mass is 35.5. The molecule has 4 heteroatoms. The van der Waals surface area contributed by atoms with Gasteiger partial charge in [-0.2, -0.15) is 5.10 Å². The van der Waals surface area contributed by atoms with Gasteiger partial charge in [-0.15, -0.1) is 0 Å². The third kappa shape index (κ3) is 3.46. The molecule has 0 spiro atoms. The number of hydrogen-bond acceptors (Lipinski definition) is 2. The summed E-state index contributed by atoms with van der Waals surface area (Å²) >= 11 is 8.25. The minimum atomic E-state index is 0.779. The highest BCUT2D eigenvalue weighted by molar-refractivity contribution is 7.99. The fourth-order valence-electron chi connectivity index (χ4n) is 2.54. The Hall–Kier alpha value is -1.71. The third-order valence-corrected chi connectivity index (χ3v) is 5.28. The summed E-state index contributed by atoms with van der Waals surface area (Å²) in [7, 11) is 0. The van der Waals surface area contributed by atoms with Crippen LogP contribution in [0.25, 0.3) is 11.1 Å². The Morgan fingerprint density at radius 2 is 1.83 bits per heavy atom. The average Bonchev–Trinajstić information content (AvgIpc) is 2.97. The first kappa shape index (κ1) is 16.2. The molecule has 0 aliphatic rings. The summed E-state index contributed by atoms with van der Waals surface area (Å²) in [4.78, 5) is 2.37. The van der Waals surface area contributed by atoms with Crippen molar-refractivity contribution in [3.63, 3.8) is 0 Å². The van der Waals surface area contributed by atoms with Gasteiger partial charge >= 0.3 is 0 Å². The lowest BCUT2D eigenvalue weighted by molar-refractivity contribution is 0.936. The molecule has 2 aromatic carbocycles. The number of benzene rings is 2. The van der Waals surface area contributed by atoms with Gasteiger partial charge < -0.3 is 0 Å². The molecule has 1 N–H and O–H groups in total. The lowest BCUT2D eigenvalue weighted by atomic mass is 10.1. The van der Waals surface area contributed by atoms with Gasteiger partial charge in [-0.05, 0) is 30.5 Å². The molecule has 1 aromatic heterocycles. The standard InChI is InChI=1S/C19H19ClN2S/c1-3-17-19(18(4-2)22-21-17)23-14-10-11-15(16(20)12-14)13-8-6-5-7-9-13/h5-12H,3-4H2,1-2H3,(H,21,22).